The van der Waals surface area contributed by atoms with E-state index >= 15 is 0 Å². The number of amides is 1. The highest BCUT2D eigenvalue weighted by atomic mass is 19.4. The minimum Gasteiger partial charge on any atom is -0.378 e. The van der Waals surface area contributed by atoms with Gasteiger partial charge in [-0.3, -0.25) is 14.9 Å². The molecule has 178 valence electrons. The van der Waals surface area contributed by atoms with Crippen molar-refractivity contribution >= 4 is 23.6 Å². The summed E-state index contributed by atoms with van der Waals surface area (Å²) < 4.78 is 43.6. The number of nitrogens with two attached hydrogens (primary N) is 1. The van der Waals surface area contributed by atoms with Crippen molar-refractivity contribution in [2.45, 2.75) is 6.18 Å². The van der Waals surface area contributed by atoms with Crippen molar-refractivity contribution in [1.82, 2.24) is 30.7 Å². The van der Waals surface area contributed by atoms with Crippen LogP contribution in [0.3, 0.4) is 0 Å². The molecule has 0 bridgehead atoms. The van der Waals surface area contributed by atoms with E-state index in [2.05, 4.69) is 35.8 Å². The summed E-state index contributed by atoms with van der Waals surface area (Å²) in [5.41, 5.74) is 7.26. The Morgan fingerprint density at radius 3 is 2.40 bits per heavy atom. The summed E-state index contributed by atoms with van der Waals surface area (Å²) in [4.78, 5) is 23.1. The number of nitrogen functional groups attached to an aromatic ring is 1. The normalized spacial score (nSPS) is 11.6. The molecule has 4 aromatic rings. The highest BCUT2D eigenvalue weighted by molar-refractivity contribution is 5.98. The molecule has 2 aromatic carbocycles. The van der Waals surface area contributed by atoms with Crippen LogP contribution in [0.25, 0.3) is 17.1 Å². The number of nitrogens with zero attached hydrogens (tertiary/aromatic N) is 7. The van der Waals surface area contributed by atoms with Crippen molar-refractivity contribution < 1.29 is 27.5 Å². The highest BCUT2D eigenvalue weighted by Crippen LogP contribution is 2.29. The van der Waals surface area contributed by atoms with Crippen LogP contribution in [-0.4, -0.2) is 42.4 Å². The molecule has 0 radical (unpaired) electrons. The summed E-state index contributed by atoms with van der Waals surface area (Å²) in [6.45, 7) is 0. The van der Waals surface area contributed by atoms with Crippen LogP contribution in [0.5, 0.6) is 0 Å². The number of carbonyl (C=O) groups is 1. The van der Waals surface area contributed by atoms with E-state index < -0.39 is 22.6 Å². The third kappa shape index (κ3) is 4.80. The molecule has 16 heteroatoms. The Labute approximate surface area is 192 Å². The lowest BCUT2D eigenvalue weighted by atomic mass is 10.1. The summed E-state index contributed by atoms with van der Waals surface area (Å²) >= 11 is 0. The Morgan fingerprint density at radius 2 is 1.83 bits per heavy atom. The zero-order valence-corrected chi connectivity index (χ0v) is 17.2. The first-order valence-corrected chi connectivity index (χ1v) is 9.44. The molecule has 0 spiro atoms. The number of alkyl halides is 3. The van der Waals surface area contributed by atoms with Gasteiger partial charge >= 0.3 is 6.18 Å². The fraction of sp³-hybridized carbons (Fsp3) is 0.0526. The van der Waals surface area contributed by atoms with Gasteiger partial charge < -0.3 is 5.73 Å². The number of aromatic nitrogens is 5. The van der Waals surface area contributed by atoms with Gasteiger partial charge in [0.1, 0.15) is 5.69 Å². The lowest BCUT2D eigenvalue weighted by molar-refractivity contribution is -0.384. The SMILES string of the molecule is Nc1nonc1-n1nnc(C(=O)N/N=C\c2ccc(C(F)(F)F)cc2)c1-c1ccc([N+](=O)[O-])cc1. The molecule has 2 heterocycles. The van der Waals surface area contributed by atoms with E-state index in [1.54, 1.807) is 0 Å². The predicted octanol–water partition coefficient (Wildman–Crippen LogP) is 2.59. The Kier molecular flexibility index (Phi) is 5.92. The molecule has 0 atom stereocenters. The van der Waals surface area contributed by atoms with Crippen LogP contribution in [0.15, 0.2) is 58.3 Å². The van der Waals surface area contributed by atoms with Gasteiger partial charge in [-0.2, -0.15) is 23.0 Å². The van der Waals surface area contributed by atoms with E-state index in [-0.39, 0.29) is 28.7 Å². The number of hydrogen-bond donors (Lipinski definition) is 2. The molecule has 0 aliphatic rings. The summed E-state index contributed by atoms with van der Waals surface area (Å²) in [7, 11) is 0. The van der Waals surface area contributed by atoms with E-state index in [9.17, 15) is 28.1 Å². The number of nitrogens with one attached hydrogen (secondary N) is 1. The average Bonchev–Trinajstić information content (AvgIpc) is 3.44. The van der Waals surface area contributed by atoms with Crippen LogP contribution in [0, 0.1) is 10.1 Å². The summed E-state index contributed by atoms with van der Waals surface area (Å²) in [6.07, 6.45) is -3.35. The molecule has 2 aromatic heterocycles. The maximum atomic E-state index is 12.8. The van der Waals surface area contributed by atoms with Gasteiger partial charge in [0, 0.05) is 17.7 Å². The Balaban J connectivity index is 1.63. The van der Waals surface area contributed by atoms with Crippen molar-refractivity contribution in [3.05, 3.63) is 75.5 Å². The molecular formula is C19H12F3N9O4. The second kappa shape index (κ2) is 9.00. The Morgan fingerprint density at radius 1 is 1.14 bits per heavy atom. The zero-order chi connectivity index (χ0) is 25.2. The minimum absolute atomic E-state index is 0.0459. The van der Waals surface area contributed by atoms with E-state index in [4.69, 9.17) is 5.73 Å². The van der Waals surface area contributed by atoms with Crippen molar-refractivity contribution in [2.75, 3.05) is 5.73 Å². The van der Waals surface area contributed by atoms with E-state index in [1.165, 1.54) is 36.4 Å². The summed E-state index contributed by atoms with van der Waals surface area (Å²) in [5, 5.41) is 29.4. The van der Waals surface area contributed by atoms with E-state index in [0.29, 0.717) is 11.1 Å². The van der Waals surface area contributed by atoms with Gasteiger partial charge in [0.2, 0.25) is 11.6 Å². The van der Waals surface area contributed by atoms with E-state index in [1.807, 2.05) is 0 Å². The minimum atomic E-state index is -4.48. The van der Waals surface area contributed by atoms with Gasteiger partial charge in [0.15, 0.2) is 5.69 Å². The molecule has 1 amide bonds. The number of rotatable bonds is 6. The van der Waals surface area contributed by atoms with Gasteiger partial charge in [-0.1, -0.05) is 17.3 Å². The van der Waals surface area contributed by atoms with Crippen LogP contribution in [0.1, 0.15) is 21.6 Å². The smallest absolute Gasteiger partial charge is 0.378 e. The average molecular weight is 487 g/mol. The van der Waals surface area contributed by atoms with Crippen LogP contribution < -0.4 is 11.2 Å². The first-order valence-electron chi connectivity index (χ1n) is 9.44. The fourth-order valence-corrected chi connectivity index (χ4v) is 2.90. The van der Waals surface area contributed by atoms with Gasteiger partial charge in [-0.15, -0.1) is 5.10 Å². The summed E-state index contributed by atoms with van der Waals surface area (Å²) in [6, 6.07) is 9.24. The molecule has 0 saturated carbocycles. The number of hydrogen-bond acceptors (Lipinski definition) is 10. The first-order chi connectivity index (χ1) is 16.6. The number of hydrazone groups is 1. The molecule has 13 nitrogen and oxygen atoms in total. The van der Waals surface area contributed by atoms with Crippen molar-refractivity contribution in [3.63, 3.8) is 0 Å². The molecule has 0 aliphatic carbocycles. The number of carbonyl (C=O) groups excluding carboxylic acids is 1. The Hall–Kier alpha value is -5.15. The van der Waals surface area contributed by atoms with Crippen LogP contribution in [0.4, 0.5) is 24.7 Å². The van der Waals surface area contributed by atoms with Crippen molar-refractivity contribution in [2.24, 2.45) is 5.10 Å². The van der Waals surface area contributed by atoms with Crippen molar-refractivity contribution in [1.29, 1.82) is 0 Å². The lowest BCUT2D eigenvalue weighted by Crippen LogP contribution is -2.19. The fourth-order valence-electron chi connectivity index (χ4n) is 2.90. The van der Waals surface area contributed by atoms with Crippen LogP contribution >= 0.6 is 0 Å². The predicted molar refractivity (Wildman–Crippen MR) is 112 cm³/mol. The van der Waals surface area contributed by atoms with Gasteiger partial charge in [-0.25, -0.2) is 10.1 Å². The largest absolute Gasteiger partial charge is 0.416 e. The monoisotopic (exact) mass is 487 g/mol. The number of anilines is 1. The molecule has 4 rings (SSSR count). The standard InChI is InChI=1S/C19H12F3N9O4/c20-19(21,22)12-5-1-10(2-6-12)9-24-26-18(32)14-15(11-3-7-13(8-4-11)31(33)34)30(29-25-14)17-16(23)27-35-28-17/h1-9H,(H2,23,27)(H,26,32)/b24-9-. The maximum Gasteiger partial charge on any atom is 0.416 e. The number of nitro groups is 1. The van der Waals surface area contributed by atoms with Crippen LogP contribution in [-0.2, 0) is 6.18 Å². The third-order valence-electron chi connectivity index (χ3n) is 4.55. The number of non-ortho nitro benzene ring substituents is 1. The van der Waals surface area contributed by atoms with Crippen molar-refractivity contribution in [3.8, 4) is 17.1 Å². The molecular weight excluding hydrogens is 475 g/mol. The second-order valence-electron chi connectivity index (χ2n) is 6.79. The molecule has 0 fully saturated rings. The molecule has 3 N–H and O–H groups in total. The molecule has 0 unspecified atom stereocenters. The molecule has 0 aliphatic heterocycles. The van der Waals surface area contributed by atoms with Gasteiger partial charge in [0.25, 0.3) is 11.6 Å². The van der Waals surface area contributed by atoms with Gasteiger partial charge in [0.05, 0.1) is 16.7 Å². The molecule has 35 heavy (non-hydrogen) atoms. The number of halogens is 3. The summed E-state index contributed by atoms with van der Waals surface area (Å²) in [5.74, 6) is -1.09. The second-order valence-corrected chi connectivity index (χ2v) is 6.79. The maximum absolute atomic E-state index is 12.8. The first kappa shape index (κ1) is 23.0. The zero-order valence-electron chi connectivity index (χ0n) is 17.2. The quantitative estimate of drug-likeness (QED) is 0.235. The van der Waals surface area contributed by atoms with Crippen LogP contribution in [0.2, 0.25) is 0 Å². The number of benzene rings is 2. The Bertz CT molecular complexity index is 1410. The molecule has 0 saturated heterocycles. The lowest BCUT2D eigenvalue weighted by Gasteiger charge is -2.06. The third-order valence-corrected chi connectivity index (χ3v) is 4.55. The topological polar surface area (TPSA) is 180 Å². The highest BCUT2D eigenvalue weighted by Gasteiger charge is 2.30. The van der Waals surface area contributed by atoms with E-state index in [0.717, 1.165) is 23.0 Å². The van der Waals surface area contributed by atoms with Gasteiger partial charge in [-0.05, 0) is 40.1 Å². The number of nitro benzene ring substituents is 1.